The Labute approximate surface area is 771 Å². The minimum atomic E-state index is -1.98. The number of ether oxygens (including phenoxy) is 5. The van der Waals surface area contributed by atoms with Crippen molar-refractivity contribution in [2.45, 2.75) is 130 Å². The van der Waals surface area contributed by atoms with E-state index >= 15 is 0 Å². The van der Waals surface area contributed by atoms with Crippen molar-refractivity contribution in [3.05, 3.63) is 158 Å². The molecule has 34 nitrogen and oxygen atoms in total. The largest absolute Gasteiger partial charge is 0.373 e. The van der Waals surface area contributed by atoms with Crippen molar-refractivity contribution in [2.24, 2.45) is 0 Å². The van der Waals surface area contributed by atoms with E-state index in [4.69, 9.17) is 54.5 Å². The Morgan fingerprint density at radius 2 is 0.829 bits per heavy atom. The van der Waals surface area contributed by atoms with E-state index in [1.807, 2.05) is 39.0 Å². The molecule has 48 heteroatoms. The van der Waals surface area contributed by atoms with E-state index in [0.29, 0.717) is 105 Å². The Hall–Kier alpha value is -5.07. The van der Waals surface area contributed by atoms with Crippen LogP contribution in [0.15, 0.2) is 95.1 Å². The fraction of sp³-hybridized carbons (Fsp3) is 0.449. The van der Waals surface area contributed by atoms with Gasteiger partial charge in [0.05, 0.1) is 0 Å². The third-order valence-electron chi connectivity index (χ3n) is 18.1. The Balaban J connectivity index is -0.00000137. The van der Waals surface area contributed by atoms with Crippen molar-refractivity contribution in [1.82, 2.24) is 20.0 Å². The summed E-state index contributed by atoms with van der Waals surface area (Å²) in [7, 11) is 16.6. The number of carbonyl (C=O) groups is 5. The van der Waals surface area contributed by atoms with Gasteiger partial charge in [-0.1, -0.05) is 11.6 Å². The summed E-state index contributed by atoms with van der Waals surface area (Å²) in [5.74, 6) is -0.152. The molecule has 3 amide bonds. The molecule has 0 saturated carbocycles. The van der Waals surface area contributed by atoms with Crippen molar-refractivity contribution >= 4 is 270 Å². The first kappa shape index (κ1) is 116. The van der Waals surface area contributed by atoms with Gasteiger partial charge in [-0.05, 0) is 52.3 Å². The molecule has 117 heavy (non-hydrogen) atoms. The first-order valence-electron chi connectivity index (χ1n) is 34.1. The number of allylic oxidation sites excluding steroid dienone is 4. The van der Waals surface area contributed by atoms with Crippen molar-refractivity contribution in [3.8, 4) is 23.0 Å². The Bertz CT molecular complexity index is 4440. The topological polar surface area (TPSA) is 458 Å². The van der Waals surface area contributed by atoms with Gasteiger partial charge in [0.15, 0.2) is 0 Å². The van der Waals surface area contributed by atoms with Gasteiger partial charge >= 0.3 is 615 Å². The number of rotatable bonds is 17. The summed E-state index contributed by atoms with van der Waals surface area (Å²) < 4.78 is 70.2. The van der Waals surface area contributed by atoms with Crippen LogP contribution in [0.5, 0.6) is 23.0 Å². The number of nitrogens with zero attached hydrogens (tertiary/aromatic N) is 7. The number of esters is 1. The number of aliphatic hydroxyl groups is 1. The van der Waals surface area contributed by atoms with Gasteiger partial charge in [-0.2, -0.15) is 9.59 Å². The van der Waals surface area contributed by atoms with Gasteiger partial charge in [0.1, 0.15) is 43.4 Å². The molecule has 0 unspecified atom stereocenters. The predicted molar refractivity (Wildman–Crippen MR) is 471 cm³/mol. The number of ketones is 1. The number of benzene rings is 4. The van der Waals surface area contributed by atoms with Gasteiger partial charge in [0, 0.05) is 12.6 Å². The summed E-state index contributed by atoms with van der Waals surface area (Å²) in [4.78, 5) is 126. The van der Waals surface area contributed by atoms with Crippen LogP contribution in [0, 0.1) is 40.5 Å². The molecule has 8 rings (SSSR count). The number of hydrogen-bond acceptors (Lipinski definition) is 27. The number of aliphatic hydroxyl groups excluding tert-OH is 1. The minimum Gasteiger partial charge on any atom is -0.208 e. The van der Waals surface area contributed by atoms with Crippen molar-refractivity contribution in [1.29, 1.82) is 0 Å². The molecule has 4 heterocycles. The molecule has 0 aliphatic carbocycles. The maximum atomic E-state index is 13.5. The van der Waals surface area contributed by atoms with Crippen molar-refractivity contribution in [2.75, 3.05) is 74.9 Å². The molecular weight excluding hydrogens is 2490 g/mol. The molecule has 0 spiro atoms. The second kappa shape index (κ2) is 60.4. The summed E-state index contributed by atoms with van der Waals surface area (Å²) >= 11 is 0.560. The van der Waals surface area contributed by atoms with Gasteiger partial charge in [0.2, 0.25) is 0 Å². The number of nitro groups is 4. The van der Waals surface area contributed by atoms with Crippen LogP contribution in [0.2, 0.25) is 18.1 Å². The maximum absolute atomic E-state index is 13.5. The van der Waals surface area contributed by atoms with Gasteiger partial charge in [-0.25, -0.2) is 16.8 Å². The summed E-state index contributed by atoms with van der Waals surface area (Å²) in [6.07, 6.45) is 11.1. The number of likely N-dealkylation sites (tertiary alicyclic amines) is 3. The molecule has 4 saturated heterocycles. The molecule has 0 aromatic heterocycles. The molecule has 4 aromatic carbocycles. The summed E-state index contributed by atoms with van der Waals surface area (Å²) in [5, 5.41) is 58.0. The number of amides is 3. The number of carbonyl (C=O) groups excluding carboxylic acids is 7. The second-order valence-electron chi connectivity index (χ2n) is 26.0. The molecular formula is C69H95ClN8O26P4S4SiTl4. The molecule has 0 radical (unpaired) electrons. The van der Waals surface area contributed by atoms with Gasteiger partial charge in [0.25, 0.3) is 0 Å². The van der Waals surface area contributed by atoms with E-state index in [-0.39, 0.29) is 209 Å². The fourth-order valence-electron chi connectivity index (χ4n) is 11.0. The number of Topliss-reactive ketones (excluding diaryl/α,β-unsaturated/α-hetero) is 1. The standard InChI is InChI=1S/C21H31N2O5Si.C16H17N2O6.C15H17N2O5.C9H8NO4.C7H13N.CO2.ClH.4HOPS.4Tl.4H/c1-8-15-11-16(14-28-29(6,7)21(2,3)4)22(13-15)20(24)18-12-17(27-5)9-10-19(18)23(25)26;1-4-10-7-14(16(20)24-3)17(9-10)15(19)12-8-11(23-2)5-6-13(12)18(21)22;1-3-10-6-11(9-18)16(8-10)15(19)13-7-12(22-2)4-5-14(13)17(20)21;1-6(11)8-5-7(14-2)3-4-9(8)10(12)13;1-3-7-4-6(2)8-5-7;2-1-3;;4*1-3-2;;;;;;;;/h8,10,12,16H,11,13-14H2,1-7H3;4,6,8,14H,7,9H2,1-3H3;3,5,7,11,18H,6,8-9H2,1-2H3;4-5H,1-2H3;3,6,8H,4-5H2,1-2H3;;1H;4*2H;;;;;;;;/b15-8+;10-4+;10-3+;;7-3+;;;;;;;;;;;;;;/t16-;14-;11-;;6-;;;;;;;;;;;;;;/m000.1............../s1. The number of halogens is 1. The van der Waals surface area contributed by atoms with Crippen LogP contribution in [0.25, 0.3) is 0 Å². The zero-order chi connectivity index (χ0) is 89.8. The minimum absolute atomic E-state index is 0. The van der Waals surface area contributed by atoms with E-state index in [1.165, 1.54) is 107 Å². The van der Waals surface area contributed by atoms with Crippen LogP contribution in [0.1, 0.15) is 129 Å². The van der Waals surface area contributed by atoms with Crippen LogP contribution >= 0.6 is 44.5 Å². The average Bonchev–Trinajstić information content (AvgIpc) is 1.74. The first-order chi connectivity index (χ1) is 54.4. The van der Waals surface area contributed by atoms with E-state index < -0.39 is 51.8 Å². The quantitative estimate of drug-likeness (QED) is 0.0214. The van der Waals surface area contributed by atoms with Crippen LogP contribution in [-0.4, -0.2) is 302 Å². The average molecular weight is 2590 g/mol. The number of methoxy groups -OCH3 is 5. The Morgan fingerprint density at radius 1 is 0.547 bits per heavy atom. The van der Waals surface area contributed by atoms with Crippen molar-refractivity contribution in [3.63, 3.8) is 0 Å². The predicted octanol–water partition coefficient (Wildman–Crippen LogP) is 6.57. The van der Waals surface area contributed by atoms with E-state index in [1.54, 1.807) is 10.5 Å². The second-order valence-corrected chi connectivity index (χ2v) is 45.3. The number of nitrogens with one attached hydrogen (secondary N) is 1. The van der Waals surface area contributed by atoms with Crippen LogP contribution in [0.4, 0.5) is 22.7 Å². The Morgan fingerprint density at radius 3 is 1.09 bits per heavy atom. The van der Waals surface area contributed by atoms with Gasteiger partial charge in [-0.15, -0.1) is 12.4 Å². The molecule has 4 aliphatic heterocycles. The zero-order valence-electron chi connectivity index (χ0n) is 67.5. The van der Waals surface area contributed by atoms with Crippen LogP contribution in [0.3, 0.4) is 0 Å². The van der Waals surface area contributed by atoms with Crippen LogP contribution < -0.4 is 36.8 Å². The summed E-state index contributed by atoms with van der Waals surface area (Å²) in [6, 6.07) is 11.0. The third-order valence-corrected chi connectivity index (χ3v) is 31.2. The van der Waals surface area contributed by atoms with Gasteiger partial charge < -0.3 is 5.32 Å². The molecule has 0 bridgehead atoms. The molecule has 634 valence electrons. The van der Waals surface area contributed by atoms with Gasteiger partial charge in [-0.3, -0.25) is 0 Å². The molecule has 4 aliphatic rings. The monoisotopic (exact) mass is 2590 g/mol. The maximum Gasteiger partial charge on any atom is 0.373 e. The van der Waals surface area contributed by atoms with E-state index in [2.05, 4.69) is 91.2 Å². The van der Waals surface area contributed by atoms with Crippen LogP contribution in [-0.2, 0) is 66.9 Å². The molecule has 4 fully saturated rings. The smallest absolute Gasteiger partial charge is 0.208 e. The number of hydrogen-bond donors (Lipinski definition) is 2. The SMILES string of the molecule is C/C=C1/CN[C@H](C)C1.C/C=C1\C[C@@H](C(=O)OC)N(C(=O)c2cc(OC)[c]([TlH])cc2[N+](=O)[O-])C1.C/C=C1\C[C@@H](CO)N(C(=O)c2cc(OC)[c]([TlH])cc2[N+](=O)[O-])C1.C/C=C1\C[C@@H](CO[Si](C)(C)C(C)(C)C)N(C(=O)c2cc(OC)[c]([TlH])cc2[N+](=O)[O-])C1.COc1cc(C(C)=O)c([N+](=O)[O-])c[c]1[TlH].Cl.O=C=O.O=S=P.O=S=P.O=S=P.O=S=P. The molecule has 4 aromatic rings. The zero-order valence-corrected chi connectivity index (χ0v) is 98.5. The van der Waals surface area contributed by atoms with E-state index in [0.717, 1.165) is 42.2 Å². The fourth-order valence-corrected chi connectivity index (χ4v) is 18.9. The Kier molecular flexibility index (Phi) is 60.0. The first-order valence-corrected chi connectivity index (χ1v) is 55.8. The summed E-state index contributed by atoms with van der Waals surface area (Å²) in [5.41, 5.74) is 4.00. The molecule has 2 N–H and O–H groups in total. The third kappa shape index (κ3) is 37.7. The van der Waals surface area contributed by atoms with Crippen molar-refractivity contribution < 1.29 is 103 Å². The molecule has 4 atom stereocenters. The number of nitro benzene ring substituents is 4. The van der Waals surface area contributed by atoms with E-state index in [9.17, 15) is 69.5 Å². The normalized spacial score (nSPS) is 16.5. The summed E-state index contributed by atoms with van der Waals surface area (Å²) in [6.45, 7) is 24.7.